The molecule has 110 valence electrons. The summed E-state index contributed by atoms with van der Waals surface area (Å²) in [5.74, 6) is 0.217. The molecule has 3 heteroatoms. The van der Waals surface area contributed by atoms with Crippen molar-refractivity contribution in [2.75, 3.05) is 13.1 Å². The lowest BCUT2D eigenvalue weighted by atomic mass is 9.79. The summed E-state index contributed by atoms with van der Waals surface area (Å²) in [6.45, 7) is 7.98. The number of nitrogens with two attached hydrogens (primary N) is 1. The van der Waals surface area contributed by atoms with Crippen molar-refractivity contribution in [3.8, 4) is 0 Å². The zero-order valence-electron chi connectivity index (χ0n) is 12.9. The summed E-state index contributed by atoms with van der Waals surface area (Å²) < 4.78 is 0. The molecule has 0 saturated carbocycles. The monoisotopic (exact) mass is 274 g/mol. The predicted molar refractivity (Wildman–Crippen MR) is 82.5 cm³/mol. The number of carbonyl (C=O) groups is 1. The van der Waals surface area contributed by atoms with E-state index in [0.717, 1.165) is 31.5 Å². The first kappa shape index (κ1) is 15.0. The molecule has 1 aromatic rings. The van der Waals surface area contributed by atoms with Crippen LogP contribution in [0, 0.1) is 5.41 Å². The Balaban J connectivity index is 1.97. The molecule has 1 aromatic carbocycles. The van der Waals surface area contributed by atoms with E-state index in [0.29, 0.717) is 6.42 Å². The van der Waals surface area contributed by atoms with Gasteiger partial charge in [-0.05, 0) is 29.4 Å². The van der Waals surface area contributed by atoms with Crippen molar-refractivity contribution in [2.45, 2.75) is 46.1 Å². The minimum atomic E-state index is 0.0139. The number of aryl methyl sites for hydroxylation is 1. The van der Waals surface area contributed by atoms with Crippen molar-refractivity contribution in [3.05, 3.63) is 35.4 Å². The molecule has 1 saturated heterocycles. The lowest BCUT2D eigenvalue weighted by Gasteiger charge is -2.42. The van der Waals surface area contributed by atoms with E-state index in [1.807, 2.05) is 4.90 Å². The van der Waals surface area contributed by atoms with Gasteiger partial charge >= 0.3 is 0 Å². The van der Waals surface area contributed by atoms with Crippen LogP contribution in [0.3, 0.4) is 0 Å². The minimum absolute atomic E-state index is 0.0139. The molecule has 0 spiro atoms. The van der Waals surface area contributed by atoms with E-state index in [-0.39, 0.29) is 17.4 Å². The molecule has 1 heterocycles. The van der Waals surface area contributed by atoms with E-state index in [2.05, 4.69) is 45.0 Å². The highest BCUT2D eigenvalue weighted by atomic mass is 16.2. The Morgan fingerprint density at radius 2 is 1.90 bits per heavy atom. The fourth-order valence-electron chi connectivity index (χ4n) is 2.77. The summed E-state index contributed by atoms with van der Waals surface area (Å²) in [4.78, 5) is 14.4. The lowest BCUT2D eigenvalue weighted by molar-refractivity contribution is -0.133. The lowest BCUT2D eigenvalue weighted by Crippen LogP contribution is -2.54. The molecule has 1 amide bonds. The third-order valence-corrected chi connectivity index (χ3v) is 4.45. The van der Waals surface area contributed by atoms with E-state index in [1.165, 1.54) is 5.56 Å². The summed E-state index contributed by atoms with van der Waals surface area (Å²) in [7, 11) is 0. The van der Waals surface area contributed by atoms with Crippen LogP contribution in [0.25, 0.3) is 0 Å². The fourth-order valence-corrected chi connectivity index (χ4v) is 2.77. The average molecular weight is 274 g/mol. The van der Waals surface area contributed by atoms with Crippen molar-refractivity contribution < 1.29 is 4.79 Å². The summed E-state index contributed by atoms with van der Waals surface area (Å²) in [6, 6.07) is 8.54. The Morgan fingerprint density at radius 3 is 2.45 bits per heavy atom. The van der Waals surface area contributed by atoms with Gasteiger partial charge in [0.2, 0.25) is 5.91 Å². The summed E-state index contributed by atoms with van der Waals surface area (Å²) in [5, 5.41) is 0. The average Bonchev–Trinajstić information content (AvgIpc) is 2.42. The van der Waals surface area contributed by atoms with Crippen LogP contribution in [0.1, 0.15) is 38.3 Å². The highest BCUT2D eigenvalue weighted by Crippen LogP contribution is 2.28. The first-order chi connectivity index (χ1) is 9.42. The minimum Gasteiger partial charge on any atom is -0.342 e. The third-order valence-electron chi connectivity index (χ3n) is 4.45. The molecule has 2 N–H and O–H groups in total. The molecular formula is C17H26N2O. The molecule has 0 bridgehead atoms. The smallest absolute Gasteiger partial charge is 0.227 e. The first-order valence-corrected chi connectivity index (χ1v) is 7.53. The maximum atomic E-state index is 12.4. The molecular weight excluding hydrogens is 248 g/mol. The number of benzene rings is 1. The summed E-state index contributed by atoms with van der Waals surface area (Å²) in [5.41, 5.74) is 8.54. The largest absolute Gasteiger partial charge is 0.342 e. The number of piperidine rings is 1. The number of hydrogen-bond donors (Lipinski definition) is 1. The van der Waals surface area contributed by atoms with Crippen LogP contribution >= 0.6 is 0 Å². The van der Waals surface area contributed by atoms with Gasteiger partial charge < -0.3 is 10.6 Å². The third kappa shape index (κ3) is 3.40. The molecule has 2 rings (SSSR count). The van der Waals surface area contributed by atoms with E-state index in [1.54, 1.807) is 0 Å². The maximum Gasteiger partial charge on any atom is 0.227 e. The van der Waals surface area contributed by atoms with Gasteiger partial charge in [0.05, 0.1) is 6.42 Å². The maximum absolute atomic E-state index is 12.4. The highest BCUT2D eigenvalue weighted by Gasteiger charge is 2.35. The van der Waals surface area contributed by atoms with Crippen molar-refractivity contribution >= 4 is 5.91 Å². The number of rotatable bonds is 3. The van der Waals surface area contributed by atoms with Crippen LogP contribution < -0.4 is 5.73 Å². The normalized spacial score (nSPS) is 21.8. The second-order valence-corrected chi connectivity index (χ2v) is 6.55. The molecule has 1 aliphatic rings. The van der Waals surface area contributed by atoms with E-state index < -0.39 is 0 Å². The van der Waals surface area contributed by atoms with Gasteiger partial charge in [-0.3, -0.25) is 4.79 Å². The SMILES string of the molecule is CCc1ccc(CC(=O)N2CCC(N)C(C)(C)C2)cc1. The molecule has 1 aliphatic heterocycles. The first-order valence-electron chi connectivity index (χ1n) is 7.53. The van der Waals surface area contributed by atoms with Crippen molar-refractivity contribution in [1.82, 2.24) is 4.90 Å². The van der Waals surface area contributed by atoms with Gasteiger partial charge in [-0.15, -0.1) is 0 Å². The zero-order valence-corrected chi connectivity index (χ0v) is 12.9. The van der Waals surface area contributed by atoms with Gasteiger partial charge in [0.25, 0.3) is 0 Å². The van der Waals surface area contributed by atoms with Crippen LogP contribution in [0.5, 0.6) is 0 Å². The number of hydrogen-bond acceptors (Lipinski definition) is 2. The van der Waals surface area contributed by atoms with Crippen LogP contribution in [0.15, 0.2) is 24.3 Å². The highest BCUT2D eigenvalue weighted by molar-refractivity contribution is 5.79. The molecule has 20 heavy (non-hydrogen) atoms. The topological polar surface area (TPSA) is 46.3 Å². The van der Waals surface area contributed by atoms with Crippen molar-refractivity contribution in [2.24, 2.45) is 11.1 Å². The predicted octanol–water partition coefficient (Wildman–Crippen LogP) is 2.38. The number of carbonyl (C=O) groups excluding carboxylic acids is 1. The van der Waals surface area contributed by atoms with Gasteiger partial charge in [0.15, 0.2) is 0 Å². The van der Waals surface area contributed by atoms with Gasteiger partial charge in [0.1, 0.15) is 0 Å². The Kier molecular flexibility index (Phi) is 4.48. The van der Waals surface area contributed by atoms with Crippen LogP contribution in [-0.4, -0.2) is 29.9 Å². The number of nitrogens with zero attached hydrogens (tertiary/aromatic N) is 1. The quantitative estimate of drug-likeness (QED) is 0.920. The number of likely N-dealkylation sites (tertiary alicyclic amines) is 1. The molecule has 0 aliphatic carbocycles. The molecule has 3 nitrogen and oxygen atoms in total. The Hall–Kier alpha value is -1.35. The van der Waals surface area contributed by atoms with Crippen LogP contribution in [-0.2, 0) is 17.6 Å². The van der Waals surface area contributed by atoms with E-state index >= 15 is 0 Å². The Labute approximate surface area is 122 Å². The molecule has 1 unspecified atom stereocenters. The molecule has 0 aromatic heterocycles. The van der Waals surface area contributed by atoms with E-state index in [9.17, 15) is 4.79 Å². The van der Waals surface area contributed by atoms with Gasteiger partial charge in [-0.1, -0.05) is 45.0 Å². The molecule has 1 fully saturated rings. The zero-order chi connectivity index (χ0) is 14.8. The van der Waals surface area contributed by atoms with Gasteiger partial charge in [0, 0.05) is 19.1 Å². The summed E-state index contributed by atoms with van der Waals surface area (Å²) in [6.07, 6.45) is 2.43. The van der Waals surface area contributed by atoms with Crippen LogP contribution in [0.2, 0.25) is 0 Å². The Bertz CT molecular complexity index is 464. The fraction of sp³-hybridized carbons (Fsp3) is 0.588. The second kappa shape index (κ2) is 5.96. The van der Waals surface area contributed by atoms with Crippen molar-refractivity contribution in [3.63, 3.8) is 0 Å². The van der Waals surface area contributed by atoms with Gasteiger partial charge in [-0.2, -0.15) is 0 Å². The standard InChI is InChI=1S/C17H26N2O/c1-4-13-5-7-14(8-6-13)11-16(20)19-10-9-15(18)17(2,3)12-19/h5-8,15H,4,9-12,18H2,1-3H3. The molecule has 0 radical (unpaired) electrons. The number of amides is 1. The van der Waals surface area contributed by atoms with Crippen molar-refractivity contribution in [1.29, 1.82) is 0 Å². The van der Waals surface area contributed by atoms with Gasteiger partial charge in [-0.25, -0.2) is 0 Å². The Morgan fingerprint density at radius 1 is 1.30 bits per heavy atom. The van der Waals surface area contributed by atoms with Crippen LogP contribution in [0.4, 0.5) is 0 Å². The molecule has 1 atom stereocenters. The summed E-state index contributed by atoms with van der Waals surface area (Å²) >= 11 is 0. The second-order valence-electron chi connectivity index (χ2n) is 6.55. The van der Waals surface area contributed by atoms with E-state index in [4.69, 9.17) is 5.73 Å².